The van der Waals surface area contributed by atoms with Crippen molar-refractivity contribution in [3.8, 4) is 0 Å². The third-order valence-corrected chi connectivity index (χ3v) is 2.38. The summed E-state index contributed by atoms with van der Waals surface area (Å²) >= 11 is 2.08. The minimum Gasteiger partial charge on any atom is -0.392 e. The van der Waals surface area contributed by atoms with Crippen LogP contribution >= 0.6 is 22.6 Å². The maximum atomic E-state index is 10.7. The molecule has 1 aromatic rings. The fraction of sp³-hybridized carbons (Fsp3) is 0.250. The maximum absolute atomic E-state index is 10.7. The van der Waals surface area contributed by atoms with E-state index >= 15 is 0 Å². The Bertz CT molecular complexity index is 328. The van der Waals surface area contributed by atoms with Gasteiger partial charge in [-0.05, 0) is 34.2 Å². The molecule has 1 heterocycles. The Morgan fingerprint density at radius 1 is 1.77 bits per heavy atom. The maximum Gasteiger partial charge on any atom is 0.222 e. The molecule has 2 N–H and O–H groups in total. The van der Waals surface area contributed by atoms with Crippen LogP contribution in [0.3, 0.4) is 0 Å². The summed E-state index contributed by atoms with van der Waals surface area (Å²) < 4.78 is 0.884. The van der Waals surface area contributed by atoms with E-state index < -0.39 is 0 Å². The van der Waals surface area contributed by atoms with Crippen molar-refractivity contribution in [3.05, 3.63) is 21.4 Å². The van der Waals surface area contributed by atoms with Crippen molar-refractivity contribution >= 4 is 34.3 Å². The fourth-order valence-corrected chi connectivity index (χ4v) is 1.32. The summed E-state index contributed by atoms with van der Waals surface area (Å²) in [7, 11) is 0. The van der Waals surface area contributed by atoms with Gasteiger partial charge in [-0.2, -0.15) is 0 Å². The number of amides is 1. The molecule has 70 valence electrons. The topological polar surface area (TPSA) is 62.2 Å². The van der Waals surface area contributed by atoms with Gasteiger partial charge in [0.05, 0.1) is 6.61 Å². The molecule has 0 unspecified atom stereocenters. The van der Waals surface area contributed by atoms with Gasteiger partial charge in [0.25, 0.3) is 0 Å². The van der Waals surface area contributed by atoms with Crippen molar-refractivity contribution in [3.63, 3.8) is 0 Å². The van der Waals surface area contributed by atoms with Gasteiger partial charge < -0.3 is 10.4 Å². The number of hydrogen-bond acceptors (Lipinski definition) is 3. The number of nitrogens with one attached hydrogen (secondary N) is 1. The van der Waals surface area contributed by atoms with Crippen molar-refractivity contribution in [2.75, 3.05) is 5.32 Å². The molecule has 1 rings (SSSR count). The lowest BCUT2D eigenvalue weighted by Crippen LogP contribution is -2.08. The van der Waals surface area contributed by atoms with E-state index in [1.165, 1.54) is 6.92 Å². The molecule has 0 radical (unpaired) electrons. The molecule has 4 nitrogen and oxygen atoms in total. The van der Waals surface area contributed by atoms with E-state index in [2.05, 4.69) is 32.9 Å². The molecule has 0 aliphatic heterocycles. The standard InChI is InChI=1S/C8H9IN2O2/c1-5(13)11-8-2-6(4-12)7(9)3-10-8/h2-3,12H,4H2,1H3,(H,10,11,13). The predicted octanol–water partition coefficient (Wildman–Crippen LogP) is 1.14. The first-order valence-corrected chi connectivity index (χ1v) is 4.74. The lowest BCUT2D eigenvalue weighted by Gasteiger charge is -2.04. The van der Waals surface area contributed by atoms with Crippen LogP contribution in [0.5, 0.6) is 0 Å². The summed E-state index contributed by atoms with van der Waals surface area (Å²) in [5, 5.41) is 11.5. The lowest BCUT2D eigenvalue weighted by molar-refractivity contribution is -0.114. The molecular formula is C8H9IN2O2. The number of anilines is 1. The zero-order valence-corrected chi connectivity index (χ0v) is 9.20. The van der Waals surface area contributed by atoms with Crippen molar-refractivity contribution in [2.24, 2.45) is 0 Å². The van der Waals surface area contributed by atoms with Gasteiger partial charge in [0, 0.05) is 16.7 Å². The molecule has 0 fully saturated rings. The number of hydrogen-bond donors (Lipinski definition) is 2. The number of carbonyl (C=O) groups excluding carboxylic acids is 1. The highest BCUT2D eigenvalue weighted by atomic mass is 127. The van der Waals surface area contributed by atoms with Crippen LogP contribution in [0, 0.1) is 3.57 Å². The van der Waals surface area contributed by atoms with Crippen molar-refractivity contribution < 1.29 is 9.90 Å². The molecule has 0 atom stereocenters. The fourth-order valence-electron chi connectivity index (χ4n) is 0.850. The molecule has 0 spiro atoms. The van der Waals surface area contributed by atoms with Crippen LogP contribution < -0.4 is 5.32 Å². The second kappa shape index (κ2) is 4.52. The molecule has 1 amide bonds. The molecule has 0 aliphatic carbocycles. The summed E-state index contributed by atoms with van der Waals surface area (Å²) in [4.78, 5) is 14.7. The normalized spacial score (nSPS) is 9.77. The van der Waals surface area contributed by atoms with E-state index in [9.17, 15) is 4.79 Å². The first kappa shape index (κ1) is 10.4. The van der Waals surface area contributed by atoms with Crippen LogP contribution in [-0.2, 0) is 11.4 Å². The molecular weight excluding hydrogens is 283 g/mol. The van der Waals surface area contributed by atoms with E-state index in [1.54, 1.807) is 12.3 Å². The van der Waals surface area contributed by atoms with E-state index in [0.717, 1.165) is 9.13 Å². The summed E-state index contributed by atoms with van der Waals surface area (Å²) in [5.41, 5.74) is 0.763. The third kappa shape index (κ3) is 2.92. The second-order valence-corrected chi connectivity index (χ2v) is 3.66. The van der Waals surface area contributed by atoms with Crippen LogP contribution in [-0.4, -0.2) is 16.0 Å². The lowest BCUT2D eigenvalue weighted by atomic mass is 10.3. The van der Waals surface area contributed by atoms with Gasteiger partial charge in [0.15, 0.2) is 0 Å². The van der Waals surface area contributed by atoms with Gasteiger partial charge in [-0.1, -0.05) is 0 Å². The number of aliphatic hydroxyl groups is 1. The van der Waals surface area contributed by atoms with E-state index in [1.807, 2.05) is 0 Å². The third-order valence-electron chi connectivity index (χ3n) is 1.41. The summed E-state index contributed by atoms with van der Waals surface area (Å²) in [6.45, 7) is 1.37. The Morgan fingerprint density at radius 3 is 3.00 bits per heavy atom. The highest BCUT2D eigenvalue weighted by molar-refractivity contribution is 14.1. The van der Waals surface area contributed by atoms with E-state index in [0.29, 0.717) is 5.82 Å². The van der Waals surface area contributed by atoms with Gasteiger partial charge >= 0.3 is 0 Å². The molecule has 0 aromatic carbocycles. The van der Waals surface area contributed by atoms with Crippen molar-refractivity contribution in [1.82, 2.24) is 4.98 Å². The Labute approximate surface area is 89.5 Å². The first-order valence-electron chi connectivity index (χ1n) is 3.66. The SMILES string of the molecule is CC(=O)Nc1cc(CO)c(I)cn1. The number of aromatic nitrogens is 1. The molecule has 0 saturated heterocycles. The minimum atomic E-state index is -0.169. The average molecular weight is 292 g/mol. The van der Waals surface area contributed by atoms with E-state index in [-0.39, 0.29) is 12.5 Å². The second-order valence-electron chi connectivity index (χ2n) is 2.50. The van der Waals surface area contributed by atoms with Gasteiger partial charge in [0.2, 0.25) is 5.91 Å². The largest absolute Gasteiger partial charge is 0.392 e. The highest BCUT2D eigenvalue weighted by Crippen LogP contribution is 2.14. The number of nitrogens with zero attached hydrogens (tertiary/aromatic N) is 1. The molecule has 13 heavy (non-hydrogen) atoms. The highest BCUT2D eigenvalue weighted by Gasteiger charge is 2.02. The number of aliphatic hydroxyl groups excluding tert-OH is 1. The monoisotopic (exact) mass is 292 g/mol. The summed E-state index contributed by atoms with van der Waals surface area (Å²) in [5.74, 6) is 0.301. The van der Waals surface area contributed by atoms with Crippen LogP contribution in [0.25, 0.3) is 0 Å². The minimum absolute atomic E-state index is 0.0482. The van der Waals surface area contributed by atoms with E-state index in [4.69, 9.17) is 5.11 Å². The number of rotatable bonds is 2. The van der Waals surface area contributed by atoms with Crippen molar-refractivity contribution in [1.29, 1.82) is 0 Å². The first-order chi connectivity index (χ1) is 6.13. The number of carbonyl (C=O) groups is 1. The molecule has 0 bridgehead atoms. The van der Waals surface area contributed by atoms with Crippen LogP contribution in [0.4, 0.5) is 5.82 Å². The number of halogens is 1. The Kier molecular flexibility index (Phi) is 3.61. The van der Waals surface area contributed by atoms with Crippen LogP contribution in [0.15, 0.2) is 12.3 Å². The molecule has 1 aromatic heterocycles. The summed E-state index contributed by atoms with van der Waals surface area (Å²) in [6.07, 6.45) is 1.61. The quantitative estimate of drug-likeness (QED) is 0.803. The van der Waals surface area contributed by atoms with Crippen LogP contribution in [0.2, 0.25) is 0 Å². The van der Waals surface area contributed by atoms with Gasteiger partial charge in [0.1, 0.15) is 5.82 Å². The smallest absolute Gasteiger partial charge is 0.222 e. The Balaban J connectivity index is 2.92. The van der Waals surface area contributed by atoms with Crippen molar-refractivity contribution in [2.45, 2.75) is 13.5 Å². The molecule has 0 saturated carbocycles. The molecule has 0 aliphatic rings. The summed E-state index contributed by atoms with van der Waals surface area (Å²) in [6, 6.07) is 1.66. The van der Waals surface area contributed by atoms with Gasteiger partial charge in [-0.3, -0.25) is 4.79 Å². The van der Waals surface area contributed by atoms with Gasteiger partial charge in [-0.25, -0.2) is 4.98 Å². The zero-order chi connectivity index (χ0) is 9.84. The predicted molar refractivity (Wildman–Crippen MR) is 57.2 cm³/mol. The van der Waals surface area contributed by atoms with Crippen LogP contribution in [0.1, 0.15) is 12.5 Å². The Hall–Kier alpha value is -0.690. The van der Waals surface area contributed by atoms with Gasteiger partial charge in [-0.15, -0.1) is 0 Å². The zero-order valence-electron chi connectivity index (χ0n) is 7.04. The Morgan fingerprint density at radius 2 is 2.46 bits per heavy atom. The number of pyridine rings is 1. The molecule has 5 heteroatoms. The average Bonchev–Trinajstić information content (AvgIpc) is 2.07.